The van der Waals surface area contributed by atoms with Gasteiger partial charge in [-0.05, 0) is 6.07 Å². The van der Waals surface area contributed by atoms with E-state index in [0.717, 1.165) is 0 Å². The molecule has 2 N–H and O–H groups in total. The normalized spacial score (nSPS) is 11.4. The van der Waals surface area contributed by atoms with Gasteiger partial charge in [-0.1, -0.05) is 6.07 Å². The van der Waals surface area contributed by atoms with Crippen molar-refractivity contribution in [1.29, 1.82) is 0 Å². The van der Waals surface area contributed by atoms with Crippen LogP contribution in [-0.4, -0.2) is 19.7 Å². The molecule has 0 radical (unpaired) electrons. The minimum atomic E-state index is -3.02. The molecule has 1 rings (SSSR count). The monoisotopic (exact) mass is 186 g/mol. The van der Waals surface area contributed by atoms with E-state index in [0.29, 0.717) is 5.56 Å². The minimum Gasteiger partial charge on any atom is -0.383 e. The molecule has 0 unspecified atom stereocenters. The Kier molecular flexibility index (Phi) is 2.32. The average Bonchev–Trinajstić information content (AvgIpc) is 1.91. The third-order valence-electron chi connectivity index (χ3n) is 1.34. The summed E-state index contributed by atoms with van der Waals surface area (Å²) in [7, 11) is -3.02. The zero-order valence-electron chi connectivity index (χ0n) is 6.69. The average molecular weight is 186 g/mol. The molecule has 0 fully saturated rings. The highest BCUT2D eigenvalue weighted by molar-refractivity contribution is 7.89. The maximum atomic E-state index is 10.9. The number of pyridine rings is 1. The van der Waals surface area contributed by atoms with E-state index >= 15 is 0 Å². The van der Waals surface area contributed by atoms with Crippen LogP contribution in [0.1, 0.15) is 5.56 Å². The number of aromatic nitrogens is 1. The summed E-state index contributed by atoms with van der Waals surface area (Å²) in [6, 6.07) is 3.32. The number of hydrogen-bond acceptors (Lipinski definition) is 4. The number of sulfone groups is 1. The van der Waals surface area contributed by atoms with Crippen molar-refractivity contribution < 1.29 is 8.42 Å². The van der Waals surface area contributed by atoms with E-state index in [1.54, 1.807) is 12.1 Å². The van der Waals surface area contributed by atoms with E-state index in [4.69, 9.17) is 5.73 Å². The van der Waals surface area contributed by atoms with Crippen molar-refractivity contribution in [2.24, 2.45) is 0 Å². The Labute approximate surface area is 71.3 Å². The van der Waals surface area contributed by atoms with Crippen molar-refractivity contribution in [2.45, 2.75) is 5.75 Å². The van der Waals surface area contributed by atoms with E-state index in [9.17, 15) is 8.42 Å². The SMILES string of the molecule is CS(=O)(=O)Cc1cccnc1N. The van der Waals surface area contributed by atoms with Crippen molar-refractivity contribution >= 4 is 15.7 Å². The molecule has 0 atom stereocenters. The third kappa shape index (κ3) is 2.50. The van der Waals surface area contributed by atoms with E-state index < -0.39 is 9.84 Å². The highest BCUT2D eigenvalue weighted by atomic mass is 32.2. The standard InChI is InChI=1S/C7H10N2O2S/c1-12(10,11)5-6-3-2-4-9-7(6)8/h2-4H,5H2,1H3,(H2,8,9). The van der Waals surface area contributed by atoms with Gasteiger partial charge in [0.2, 0.25) is 0 Å². The smallest absolute Gasteiger partial charge is 0.151 e. The third-order valence-corrected chi connectivity index (χ3v) is 2.18. The van der Waals surface area contributed by atoms with Gasteiger partial charge in [0.1, 0.15) is 5.82 Å². The summed E-state index contributed by atoms with van der Waals surface area (Å²) in [5.41, 5.74) is 6.01. The summed E-state index contributed by atoms with van der Waals surface area (Å²) in [5.74, 6) is 0.232. The summed E-state index contributed by atoms with van der Waals surface area (Å²) in [5, 5.41) is 0. The first-order valence-corrected chi connectivity index (χ1v) is 5.42. The lowest BCUT2D eigenvalue weighted by molar-refractivity contribution is 0.601. The maximum Gasteiger partial charge on any atom is 0.151 e. The molecule has 12 heavy (non-hydrogen) atoms. The molecule has 1 heterocycles. The van der Waals surface area contributed by atoms with Crippen LogP contribution in [-0.2, 0) is 15.6 Å². The summed E-state index contributed by atoms with van der Waals surface area (Å²) in [6.45, 7) is 0. The van der Waals surface area contributed by atoms with Crippen molar-refractivity contribution in [3.05, 3.63) is 23.9 Å². The lowest BCUT2D eigenvalue weighted by atomic mass is 10.3. The van der Waals surface area contributed by atoms with E-state index in [1.807, 2.05) is 0 Å². The Morgan fingerprint density at radius 3 is 2.75 bits per heavy atom. The Bertz CT molecular complexity index is 373. The zero-order valence-corrected chi connectivity index (χ0v) is 7.50. The first-order chi connectivity index (χ1) is 5.49. The number of anilines is 1. The number of nitrogens with two attached hydrogens (primary N) is 1. The molecule has 0 saturated heterocycles. The maximum absolute atomic E-state index is 10.9. The second-order valence-electron chi connectivity index (χ2n) is 2.62. The molecule has 5 heteroatoms. The fourth-order valence-electron chi connectivity index (χ4n) is 0.855. The molecule has 1 aromatic rings. The predicted octanol–water partition coefficient (Wildman–Crippen LogP) is 0.208. The lowest BCUT2D eigenvalue weighted by Gasteiger charge is -2.01. The van der Waals surface area contributed by atoms with Gasteiger partial charge in [-0.25, -0.2) is 13.4 Å². The zero-order chi connectivity index (χ0) is 9.19. The molecule has 0 spiro atoms. The van der Waals surface area contributed by atoms with Gasteiger partial charge in [0, 0.05) is 18.0 Å². The van der Waals surface area contributed by atoms with Crippen LogP contribution in [0.4, 0.5) is 5.82 Å². The Balaban J connectivity index is 2.98. The largest absolute Gasteiger partial charge is 0.383 e. The molecule has 0 bridgehead atoms. The van der Waals surface area contributed by atoms with Crippen LogP contribution in [0.25, 0.3) is 0 Å². The van der Waals surface area contributed by atoms with Crippen LogP contribution in [0.15, 0.2) is 18.3 Å². The van der Waals surface area contributed by atoms with Gasteiger partial charge in [-0.15, -0.1) is 0 Å². The molecule has 0 aliphatic heterocycles. The first-order valence-electron chi connectivity index (χ1n) is 3.36. The Morgan fingerprint density at radius 1 is 1.58 bits per heavy atom. The van der Waals surface area contributed by atoms with Crippen LogP contribution in [0, 0.1) is 0 Å². The van der Waals surface area contributed by atoms with Crippen molar-refractivity contribution in [2.75, 3.05) is 12.0 Å². The number of rotatable bonds is 2. The fourth-order valence-corrected chi connectivity index (χ4v) is 1.66. The number of nitrogens with zero attached hydrogens (tertiary/aromatic N) is 1. The molecule has 4 nitrogen and oxygen atoms in total. The van der Waals surface area contributed by atoms with Gasteiger partial charge in [-0.2, -0.15) is 0 Å². The number of nitrogen functional groups attached to an aromatic ring is 1. The summed E-state index contributed by atoms with van der Waals surface area (Å²) >= 11 is 0. The number of hydrogen-bond donors (Lipinski definition) is 1. The summed E-state index contributed by atoms with van der Waals surface area (Å²) in [6.07, 6.45) is 2.69. The molecule has 0 saturated carbocycles. The topological polar surface area (TPSA) is 73.0 Å². The van der Waals surface area contributed by atoms with Crippen LogP contribution < -0.4 is 5.73 Å². The van der Waals surface area contributed by atoms with Crippen molar-refractivity contribution in [3.8, 4) is 0 Å². The van der Waals surface area contributed by atoms with Crippen LogP contribution >= 0.6 is 0 Å². The fraction of sp³-hybridized carbons (Fsp3) is 0.286. The van der Waals surface area contributed by atoms with Gasteiger partial charge in [0.05, 0.1) is 5.75 Å². The highest BCUT2D eigenvalue weighted by Crippen LogP contribution is 2.09. The van der Waals surface area contributed by atoms with Gasteiger partial charge >= 0.3 is 0 Å². The predicted molar refractivity (Wildman–Crippen MR) is 47.2 cm³/mol. The second-order valence-corrected chi connectivity index (χ2v) is 4.76. The van der Waals surface area contributed by atoms with Crippen LogP contribution in [0.2, 0.25) is 0 Å². The molecule has 0 aliphatic rings. The molecule has 1 aromatic heterocycles. The van der Waals surface area contributed by atoms with Crippen LogP contribution in [0.5, 0.6) is 0 Å². The summed E-state index contributed by atoms with van der Waals surface area (Å²) < 4.78 is 21.7. The highest BCUT2D eigenvalue weighted by Gasteiger charge is 2.06. The molecule has 0 amide bonds. The minimum absolute atomic E-state index is 0.0489. The van der Waals surface area contributed by atoms with Gasteiger partial charge in [0.15, 0.2) is 9.84 Å². The van der Waals surface area contributed by atoms with E-state index in [1.165, 1.54) is 12.5 Å². The lowest BCUT2D eigenvalue weighted by Crippen LogP contribution is -2.04. The second kappa shape index (κ2) is 3.10. The molecular formula is C7H10N2O2S. The summed E-state index contributed by atoms with van der Waals surface area (Å²) in [4.78, 5) is 3.78. The van der Waals surface area contributed by atoms with Gasteiger partial charge in [-0.3, -0.25) is 0 Å². The van der Waals surface area contributed by atoms with E-state index in [2.05, 4.69) is 4.98 Å². The molecule has 66 valence electrons. The molecular weight excluding hydrogens is 176 g/mol. The Hall–Kier alpha value is -1.10. The van der Waals surface area contributed by atoms with Gasteiger partial charge < -0.3 is 5.73 Å². The Morgan fingerprint density at radius 2 is 2.25 bits per heavy atom. The van der Waals surface area contributed by atoms with Crippen molar-refractivity contribution in [1.82, 2.24) is 4.98 Å². The van der Waals surface area contributed by atoms with E-state index in [-0.39, 0.29) is 11.6 Å². The first kappa shape index (κ1) is 8.99. The van der Waals surface area contributed by atoms with Gasteiger partial charge in [0.25, 0.3) is 0 Å². The van der Waals surface area contributed by atoms with Crippen LogP contribution in [0.3, 0.4) is 0 Å². The quantitative estimate of drug-likeness (QED) is 0.716. The molecule has 0 aromatic carbocycles. The molecule has 0 aliphatic carbocycles. The van der Waals surface area contributed by atoms with Crippen molar-refractivity contribution in [3.63, 3.8) is 0 Å².